The average molecular weight is 228 g/mol. The molecule has 1 heterocycles. The van der Waals surface area contributed by atoms with Gasteiger partial charge in [-0.25, -0.2) is 4.79 Å². The molecule has 1 aliphatic rings. The Morgan fingerprint density at radius 1 is 1.19 bits per heavy atom. The Hall–Kier alpha value is -0.770. The van der Waals surface area contributed by atoms with E-state index in [1.165, 1.54) is 0 Å². The zero-order chi connectivity index (χ0) is 12.0. The number of hydrogen-bond acceptors (Lipinski definition) is 2. The number of amides is 2. The van der Waals surface area contributed by atoms with E-state index in [-0.39, 0.29) is 11.6 Å². The molecular weight excluding hydrogens is 204 g/mol. The summed E-state index contributed by atoms with van der Waals surface area (Å²) in [6.07, 6.45) is 2.95. The minimum Gasteiger partial charge on any atom is -0.378 e. The molecule has 1 saturated heterocycles. The van der Waals surface area contributed by atoms with Gasteiger partial charge in [-0.15, -0.1) is 0 Å². The van der Waals surface area contributed by atoms with E-state index in [4.69, 9.17) is 4.74 Å². The minimum absolute atomic E-state index is 0.0324. The number of carbonyl (C=O) groups is 1. The Bertz CT molecular complexity index is 213. The van der Waals surface area contributed by atoms with Gasteiger partial charge in [0.15, 0.2) is 0 Å². The molecule has 0 bridgehead atoms. The van der Waals surface area contributed by atoms with E-state index in [2.05, 4.69) is 26.1 Å². The van der Waals surface area contributed by atoms with E-state index in [9.17, 15) is 4.79 Å². The number of nitrogens with one attached hydrogen (secondary N) is 1. The fourth-order valence-electron chi connectivity index (χ4n) is 2.09. The topological polar surface area (TPSA) is 41.6 Å². The van der Waals surface area contributed by atoms with Crippen molar-refractivity contribution in [2.45, 2.75) is 45.6 Å². The van der Waals surface area contributed by atoms with Crippen molar-refractivity contribution in [3.05, 3.63) is 0 Å². The first-order chi connectivity index (χ1) is 7.67. The lowest BCUT2D eigenvalue weighted by Gasteiger charge is -2.36. The third-order valence-corrected chi connectivity index (χ3v) is 3.70. The van der Waals surface area contributed by atoms with Crippen molar-refractivity contribution in [2.75, 3.05) is 26.3 Å². The van der Waals surface area contributed by atoms with Crippen molar-refractivity contribution >= 4 is 6.03 Å². The van der Waals surface area contributed by atoms with Crippen molar-refractivity contribution in [3.63, 3.8) is 0 Å². The molecular formula is C12H24N2O2. The molecule has 0 unspecified atom stereocenters. The highest BCUT2D eigenvalue weighted by atomic mass is 16.5. The first-order valence-corrected chi connectivity index (χ1v) is 6.32. The van der Waals surface area contributed by atoms with E-state index in [0.29, 0.717) is 26.3 Å². The minimum atomic E-state index is -0.0324. The van der Waals surface area contributed by atoms with Crippen molar-refractivity contribution in [3.8, 4) is 0 Å². The van der Waals surface area contributed by atoms with Crippen LogP contribution in [0, 0.1) is 0 Å². The summed E-state index contributed by atoms with van der Waals surface area (Å²) in [6.45, 7) is 9.12. The molecule has 94 valence electrons. The second-order valence-electron chi connectivity index (χ2n) is 4.37. The molecule has 2 amide bonds. The Kier molecular flexibility index (Phi) is 5.06. The number of morpholine rings is 1. The summed E-state index contributed by atoms with van der Waals surface area (Å²) in [5, 5.41) is 3.18. The van der Waals surface area contributed by atoms with Gasteiger partial charge in [-0.2, -0.15) is 0 Å². The van der Waals surface area contributed by atoms with Crippen molar-refractivity contribution < 1.29 is 9.53 Å². The van der Waals surface area contributed by atoms with Crippen LogP contribution >= 0.6 is 0 Å². The fourth-order valence-corrected chi connectivity index (χ4v) is 2.09. The number of hydrogen-bond donors (Lipinski definition) is 1. The second-order valence-corrected chi connectivity index (χ2v) is 4.37. The van der Waals surface area contributed by atoms with Gasteiger partial charge in [0.2, 0.25) is 0 Å². The smallest absolute Gasteiger partial charge is 0.317 e. The number of carbonyl (C=O) groups excluding carboxylic acids is 1. The van der Waals surface area contributed by atoms with E-state index < -0.39 is 0 Å². The summed E-state index contributed by atoms with van der Waals surface area (Å²) in [7, 11) is 0. The lowest BCUT2D eigenvalue weighted by Crippen LogP contribution is -2.54. The van der Waals surface area contributed by atoms with Crippen LogP contribution in [0.1, 0.15) is 40.0 Å². The fraction of sp³-hybridized carbons (Fsp3) is 0.917. The van der Waals surface area contributed by atoms with Gasteiger partial charge in [-0.1, -0.05) is 20.8 Å². The molecule has 0 spiro atoms. The summed E-state index contributed by atoms with van der Waals surface area (Å²) in [6, 6.07) is 0.0638. The number of rotatable bonds is 4. The van der Waals surface area contributed by atoms with Crippen LogP contribution < -0.4 is 5.32 Å². The van der Waals surface area contributed by atoms with Gasteiger partial charge in [0, 0.05) is 18.6 Å². The summed E-state index contributed by atoms with van der Waals surface area (Å²) in [5.41, 5.74) is -0.0324. The van der Waals surface area contributed by atoms with Crippen LogP contribution in [0.3, 0.4) is 0 Å². The molecule has 4 heteroatoms. The number of urea groups is 1. The highest BCUT2D eigenvalue weighted by molar-refractivity contribution is 5.75. The quantitative estimate of drug-likeness (QED) is 0.799. The molecule has 1 rings (SSSR count). The SMILES string of the molecule is CCC(CC)(CC)NC(=O)N1CCOCC1. The van der Waals surface area contributed by atoms with E-state index >= 15 is 0 Å². The maximum absolute atomic E-state index is 12.0. The van der Waals surface area contributed by atoms with Crippen LogP contribution in [-0.4, -0.2) is 42.8 Å². The second kappa shape index (κ2) is 6.09. The Morgan fingerprint density at radius 2 is 1.69 bits per heavy atom. The molecule has 1 N–H and O–H groups in total. The third-order valence-electron chi connectivity index (χ3n) is 3.70. The lowest BCUT2D eigenvalue weighted by molar-refractivity contribution is 0.0504. The highest BCUT2D eigenvalue weighted by Gasteiger charge is 2.28. The van der Waals surface area contributed by atoms with Crippen LogP contribution in [0.25, 0.3) is 0 Å². The van der Waals surface area contributed by atoms with Crippen LogP contribution in [0.2, 0.25) is 0 Å². The van der Waals surface area contributed by atoms with Gasteiger partial charge < -0.3 is 15.0 Å². The lowest BCUT2D eigenvalue weighted by atomic mass is 9.90. The molecule has 0 aliphatic carbocycles. The van der Waals surface area contributed by atoms with E-state index in [1.54, 1.807) is 0 Å². The van der Waals surface area contributed by atoms with Gasteiger partial charge in [0.25, 0.3) is 0 Å². The summed E-state index contributed by atoms with van der Waals surface area (Å²) in [5.74, 6) is 0. The molecule has 1 aliphatic heterocycles. The van der Waals surface area contributed by atoms with Crippen LogP contribution in [0.15, 0.2) is 0 Å². The largest absolute Gasteiger partial charge is 0.378 e. The molecule has 0 aromatic heterocycles. The Labute approximate surface area is 98.3 Å². The van der Waals surface area contributed by atoms with Gasteiger partial charge in [-0.3, -0.25) is 0 Å². The molecule has 0 aromatic carbocycles. The first-order valence-electron chi connectivity index (χ1n) is 6.32. The van der Waals surface area contributed by atoms with Crippen molar-refractivity contribution in [1.29, 1.82) is 0 Å². The predicted molar refractivity (Wildman–Crippen MR) is 64.5 cm³/mol. The predicted octanol–water partition coefficient (Wildman–Crippen LogP) is 2.00. The molecule has 0 aromatic rings. The summed E-state index contributed by atoms with van der Waals surface area (Å²) < 4.78 is 5.24. The van der Waals surface area contributed by atoms with Gasteiger partial charge in [0.1, 0.15) is 0 Å². The number of nitrogens with zero attached hydrogens (tertiary/aromatic N) is 1. The maximum Gasteiger partial charge on any atom is 0.317 e. The standard InChI is InChI=1S/C12H24N2O2/c1-4-12(5-2,6-3)13-11(15)14-7-9-16-10-8-14/h4-10H2,1-3H3,(H,13,15). The number of ether oxygens (including phenoxy) is 1. The normalized spacial score (nSPS) is 17.3. The van der Waals surface area contributed by atoms with E-state index in [1.807, 2.05) is 4.90 Å². The third kappa shape index (κ3) is 3.11. The molecule has 0 atom stereocenters. The Balaban J connectivity index is 2.53. The zero-order valence-corrected chi connectivity index (χ0v) is 10.7. The summed E-state index contributed by atoms with van der Waals surface area (Å²) in [4.78, 5) is 13.9. The van der Waals surface area contributed by atoms with Crippen molar-refractivity contribution in [2.24, 2.45) is 0 Å². The van der Waals surface area contributed by atoms with Crippen LogP contribution in [0.5, 0.6) is 0 Å². The first kappa shape index (κ1) is 13.3. The maximum atomic E-state index is 12.0. The molecule has 0 saturated carbocycles. The highest BCUT2D eigenvalue weighted by Crippen LogP contribution is 2.19. The van der Waals surface area contributed by atoms with Crippen LogP contribution in [-0.2, 0) is 4.74 Å². The molecule has 4 nitrogen and oxygen atoms in total. The average Bonchev–Trinajstić information content (AvgIpc) is 2.37. The van der Waals surface area contributed by atoms with Crippen molar-refractivity contribution in [1.82, 2.24) is 10.2 Å². The monoisotopic (exact) mass is 228 g/mol. The molecule has 16 heavy (non-hydrogen) atoms. The zero-order valence-electron chi connectivity index (χ0n) is 10.7. The summed E-state index contributed by atoms with van der Waals surface area (Å²) >= 11 is 0. The Morgan fingerprint density at radius 3 is 2.12 bits per heavy atom. The van der Waals surface area contributed by atoms with Gasteiger partial charge >= 0.3 is 6.03 Å². The molecule has 0 radical (unpaired) electrons. The van der Waals surface area contributed by atoms with Crippen LogP contribution in [0.4, 0.5) is 4.79 Å². The van der Waals surface area contributed by atoms with Gasteiger partial charge in [0.05, 0.1) is 13.2 Å². The van der Waals surface area contributed by atoms with Gasteiger partial charge in [-0.05, 0) is 19.3 Å². The molecule has 1 fully saturated rings. The van der Waals surface area contributed by atoms with E-state index in [0.717, 1.165) is 19.3 Å².